The van der Waals surface area contributed by atoms with Gasteiger partial charge in [0.25, 0.3) is 0 Å². The fourth-order valence-corrected chi connectivity index (χ4v) is 1.85. The quantitative estimate of drug-likeness (QED) is 0.899. The SMILES string of the molecule is N#CCOc1cccc(CNc2cccc(Cl)c2)c1. The number of hydrogen-bond acceptors (Lipinski definition) is 3. The van der Waals surface area contributed by atoms with Crippen LogP contribution in [0.25, 0.3) is 0 Å². The van der Waals surface area contributed by atoms with E-state index in [1.165, 1.54) is 0 Å². The monoisotopic (exact) mass is 272 g/mol. The van der Waals surface area contributed by atoms with Crippen LogP contribution in [0.3, 0.4) is 0 Å². The molecule has 96 valence electrons. The molecule has 0 heterocycles. The molecular formula is C15H13ClN2O. The van der Waals surface area contributed by atoms with Gasteiger partial charge < -0.3 is 10.1 Å². The summed E-state index contributed by atoms with van der Waals surface area (Å²) in [4.78, 5) is 0. The van der Waals surface area contributed by atoms with E-state index in [0.29, 0.717) is 17.3 Å². The van der Waals surface area contributed by atoms with Gasteiger partial charge in [0.15, 0.2) is 6.61 Å². The Bertz CT molecular complexity index is 593. The first-order valence-electron chi connectivity index (χ1n) is 5.86. The van der Waals surface area contributed by atoms with E-state index in [2.05, 4.69) is 5.32 Å². The molecular weight excluding hydrogens is 260 g/mol. The second-order valence-electron chi connectivity index (χ2n) is 3.96. The standard InChI is InChI=1S/C15H13ClN2O/c16-13-4-2-5-14(10-13)18-11-12-3-1-6-15(9-12)19-8-7-17/h1-6,9-10,18H,8,11H2. The Hall–Kier alpha value is -2.18. The summed E-state index contributed by atoms with van der Waals surface area (Å²) in [7, 11) is 0. The van der Waals surface area contributed by atoms with Gasteiger partial charge in [-0.15, -0.1) is 0 Å². The number of ether oxygens (including phenoxy) is 1. The molecule has 0 aliphatic carbocycles. The van der Waals surface area contributed by atoms with Crippen LogP contribution in [0, 0.1) is 11.3 Å². The number of rotatable bonds is 5. The number of nitrogens with one attached hydrogen (secondary N) is 1. The lowest BCUT2D eigenvalue weighted by atomic mass is 10.2. The Balaban J connectivity index is 1.98. The molecule has 3 nitrogen and oxygen atoms in total. The molecule has 0 unspecified atom stereocenters. The molecule has 4 heteroatoms. The maximum atomic E-state index is 8.48. The van der Waals surface area contributed by atoms with Gasteiger partial charge in [0.2, 0.25) is 0 Å². The van der Waals surface area contributed by atoms with E-state index < -0.39 is 0 Å². The van der Waals surface area contributed by atoms with Crippen LogP contribution in [0.2, 0.25) is 5.02 Å². The van der Waals surface area contributed by atoms with E-state index in [1.54, 1.807) is 0 Å². The second-order valence-corrected chi connectivity index (χ2v) is 4.39. The molecule has 2 aromatic rings. The van der Waals surface area contributed by atoms with Crippen molar-refractivity contribution in [3.63, 3.8) is 0 Å². The molecule has 0 spiro atoms. The maximum absolute atomic E-state index is 8.48. The predicted molar refractivity (Wildman–Crippen MR) is 76.3 cm³/mol. The molecule has 0 saturated carbocycles. The molecule has 0 aliphatic rings. The molecule has 0 radical (unpaired) electrons. The molecule has 19 heavy (non-hydrogen) atoms. The fraction of sp³-hybridized carbons (Fsp3) is 0.133. The summed E-state index contributed by atoms with van der Waals surface area (Å²) < 4.78 is 5.26. The first-order valence-corrected chi connectivity index (χ1v) is 6.24. The highest BCUT2D eigenvalue weighted by Crippen LogP contribution is 2.17. The second kappa shape index (κ2) is 6.67. The van der Waals surface area contributed by atoms with Gasteiger partial charge in [-0.25, -0.2) is 0 Å². The van der Waals surface area contributed by atoms with Crippen LogP contribution in [0.15, 0.2) is 48.5 Å². The van der Waals surface area contributed by atoms with Gasteiger partial charge in [0.1, 0.15) is 11.8 Å². The molecule has 2 rings (SSSR count). The zero-order valence-electron chi connectivity index (χ0n) is 10.3. The van der Waals surface area contributed by atoms with Crippen molar-refractivity contribution < 1.29 is 4.74 Å². The highest BCUT2D eigenvalue weighted by molar-refractivity contribution is 6.30. The zero-order valence-corrected chi connectivity index (χ0v) is 11.0. The normalized spacial score (nSPS) is 9.68. The summed E-state index contributed by atoms with van der Waals surface area (Å²) in [5.74, 6) is 0.701. The minimum atomic E-state index is 0.0607. The Morgan fingerprint density at radius 3 is 2.79 bits per heavy atom. The van der Waals surface area contributed by atoms with Crippen molar-refractivity contribution in [1.29, 1.82) is 5.26 Å². The van der Waals surface area contributed by atoms with E-state index in [0.717, 1.165) is 11.3 Å². The van der Waals surface area contributed by atoms with Crippen LogP contribution >= 0.6 is 11.6 Å². The van der Waals surface area contributed by atoms with Crippen LogP contribution in [0.1, 0.15) is 5.56 Å². The summed E-state index contributed by atoms with van der Waals surface area (Å²) in [5.41, 5.74) is 2.05. The predicted octanol–water partition coefficient (Wildman–Crippen LogP) is 3.85. The van der Waals surface area contributed by atoms with Crippen LogP contribution < -0.4 is 10.1 Å². The molecule has 0 aromatic heterocycles. The first-order chi connectivity index (χ1) is 9.28. The third kappa shape index (κ3) is 4.20. The van der Waals surface area contributed by atoms with E-state index in [9.17, 15) is 0 Å². The van der Waals surface area contributed by atoms with E-state index in [4.69, 9.17) is 21.6 Å². The van der Waals surface area contributed by atoms with Crippen LogP contribution in [-0.4, -0.2) is 6.61 Å². The largest absolute Gasteiger partial charge is 0.479 e. The lowest BCUT2D eigenvalue weighted by Crippen LogP contribution is -2.00. The van der Waals surface area contributed by atoms with Gasteiger partial charge in [-0.3, -0.25) is 0 Å². The molecule has 0 bridgehead atoms. The Labute approximate surface area is 117 Å². The summed E-state index contributed by atoms with van der Waals surface area (Å²) in [6.07, 6.45) is 0. The number of nitrogens with zero attached hydrogens (tertiary/aromatic N) is 1. The van der Waals surface area contributed by atoms with E-state index in [-0.39, 0.29) is 6.61 Å². The number of anilines is 1. The minimum Gasteiger partial charge on any atom is -0.479 e. The average molecular weight is 273 g/mol. The van der Waals surface area contributed by atoms with Gasteiger partial charge in [-0.05, 0) is 35.9 Å². The maximum Gasteiger partial charge on any atom is 0.174 e. The van der Waals surface area contributed by atoms with Crippen LogP contribution in [-0.2, 0) is 6.54 Å². The van der Waals surface area contributed by atoms with E-state index in [1.807, 2.05) is 54.6 Å². The summed E-state index contributed by atoms with van der Waals surface area (Å²) >= 11 is 5.92. The van der Waals surface area contributed by atoms with Gasteiger partial charge in [0.05, 0.1) is 0 Å². The average Bonchev–Trinajstić information content (AvgIpc) is 2.43. The van der Waals surface area contributed by atoms with Crippen LogP contribution in [0.5, 0.6) is 5.75 Å². The van der Waals surface area contributed by atoms with Gasteiger partial charge in [0, 0.05) is 17.3 Å². The number of hydrogen-bond donors (Lipinski definition) is 1. The number of benzene rings is 2. The fourth-order valence-electron chi connectivity index (χ4n) is 1.66. The minimum absolute atomic E-state index is 0.0607. The first kappa shape index (κ1) is 13.3. The van der Waals surface area contributed by atoms with Gasteiger partial charge in [-0.2, -0.15) is 5.26 Å². The number of nitriles is 1. The van der Waals surface area contributed by atoms with Gasteiger partial charge in [-0.1, -0.05) is 29.8 Å². The Morgan fingerprint density at radius 2 is 2.00 bits per heavy atom. The van der Waals surface area contributed by atoms with Crippen molar-refractivity contribution in [3.8, 4) is 11.8 Å². The highest BCUT2D eigenvalue weighted by atomic mass is 35.5. The highest BCUT2D eigenvalue weighted by Gasteiger charge is 1.98. The molecule has 0 amide bonds. The Morgan fingerprint density at radius 1 is 1.16 bits per heavy atom. The summed E-state index contributed by atoms with van der Waals surface area (Å²) in [5, 5.41) is 12.5. The smallest absolute Gasteiger partial charge is 0.174 e. The molecule has 0 fully saturated rings. The molecule has 0 atom stereocenters. The van der Waals surface area contributed by atoms with Crippen molar-refractivity contribution in [3.05, 3.63) is 59.1 Å². The third-order valence-corrected chi connectivity index (χ3v) is 2.76. The van der Waals surface area contributed by atoms with Crippen molar-refractivity contribution in [2.24, 2.45) is 0 Å². The third-order valence-electron chi connectivity index (χ3n) is 2.52. The van der Waals surface area contributed by atoms with Gasteiger partial charge >= 0.3 is 0 Å². The van der Waals surface area contributed by atoms with E-state index >= 15 is 0 Å². The van der Waals surface area contributed by atoms with Crippen molar-refractivity contribution in [1.82, 2.24) is 0 Å². The van der Waals surface area contributed by atoms with Crippen molar-refractivity contribution in [2.45, 2.75) is 6.54 Å². The lowest BCUT2D eigenvalue weighted by molar-refractivity contribution is 0.368. The molecule has 2 aromatic carbocycles. The Kier molecular flexibility index (Phi) is 4.66. The molecule has 1 N–H and O–H groups in total. The summed E-state index contributed by atoms with van der Waals surface area (Å²) in [6, 6.07) is 17.2. The lowest BCUT2D eigenvalue weighted by Gasteiger charge is -2.08. The van der Waals surface area contributed by atoms with Crippen molar-refractivity contribution >= 4 is 17.3 Å². The molecule has 0 aliphatic heterocycles. The summed E-state index contributed by atoms with van der Waals surface area (Å²) in [6.45, 7) is 0.731. The van der Waals surface area contributed by atoms with Crippen molar-refractivity contribution in [2.75, 3.05) is 11.9 Å². The zero-order chi connectivity index (χ0) is 13.5. The van der Waals surface area contributed by atoms with Crippen LogP contribution in [0.4, 0.5) is 5.69 Å². The number of halogens is 1. The molecule has 0 saturated heterocycles. The topological polar surface area (TPSA) is 45.0 Å².